The van der Waals surface area contributed by atoms with Crippen molar-refractivity contribution in [1.29, 1.82) is 0 Å². The lowest BCUT2D eigenvalue weighted by molar-refractivity contribution is 0.0938. The van der Waals surface area contributed by atoms with Gasteiger partial charge in [0.1, 0.15) is 5.76 Å². The van der Waals surface area contributed by atoms with E-state index in [1.54, 1.807) is 17.6 Å². The van der Waals surface area contributed by atoms with E-state index in [-0.39, 0.29) is 11.9 Å². The lowest BCUT2D eigenvalue weighted by Crippen LogP contribution is -2.36. The maximum atomic E-state index is 12.7. The summed E-state index contributed by atoms with van der Waals surface area (Å²) in [4.78, 5) is 17.4. The normalized spacial score (nSPS) is 19.4. The number of nitrogens with one attached hydrogen (secondary N) is 1. The molecule has 1 N–H and O–H groups in total. The third kappa shape index (κ3) is 3.82. The van der Waals surface area contributed by atoms with Crippen LogP contribution in [0.15, 0.2) is 28.9 Å². The third-order valence-corrected chi connectivity index (χ3v) is 6.62. The number of thiophene rings is 1. The molecule has 2 aromatic rings. The second-order valence-electron chi connectivity index (χ2n) is 7.10. The summed E-state index contributed by atoms with van der Waals surface area (Å²) in [7, 11) is 0. The number of furan rings is 1. The fraction of sp³-hybridized carbons (Fsp3) is 0.550. The zero-order chi connectivity index (χ0) is 17.1. The molecule has 1 atom stereocenters. The predicted octanol–water partition coefficient (Wildman–Crippen LogP) is 4.18. The summed E-state index contributed by atoms with van der Waals surface area (Å²) >= 11 is 1.69. The van der Waals surface area contributed by atoms with Crippen LogP contribution in [0.2, 0.25) is 0 Å². The van der Waals surface area contributed by atoms with Crippen molar-refractivity contribution < 1.29 is 9.21 Å². The smallest absolute Gasteiger partial charge is 0.261 e. The Morgan fingerprint density at radius 2 is 2.04 bits per heavy atom. The minimum Gasteiger partial charge on any atom is -0.468 e. The number of rotatable bonds is 5. The fourth-order valence-electron chi connectivity index (χ4n) is 4.00. The van der Waals surface area contributed by atoms with E-state index in [4.69, 9.17) is 4.42 Å². The molecule has 1 aliphatic carbocycles. The highest BCUT2D eigenvalue weighted by molar-refractivity contribution is 7.14. The molecule has 0 radical (unpaired) electrons. The Morgan fingerprint density at radius 1 is 1.20 bits per heavy atom. The van der Waals surface area contributed by atoms with Gasteiger partial charge in [0.2, 0.25) is 0 Å². The first-order valence-corrected chi connectivity index (χ1v) is 10.3. The minimum absolute atomic E-state index is 0.0637. The second-order valence-corrected chi connectivity index (χ2v) is 8.24. The van der Waals surface area contributed by atoms with Crippen LogP contribution in [0.5, 0.6) is 0 Å². The van der Waals surface area contributed by atoms with E-state index >= 15 is 0 Å². The molecule has 1 saturated heterocycles. The average Bonchev–Trinajstić information content (AvgIpc) is 3.36. The zero-order valence-corrected chi connectivity index (χ0v) is 15.4. The van der Waals surface area contributed by atoms with Gasteiger partial charge in [-0.05, 0) is 75.4 Å². The molecule has 2 aliphatic rings. The largest absolute Gasteiger partial charge is 0.468 e. The van der Waals surface area contributed by atoms with Crippen LogP contribution >= 0.6 is 11.3 Å². The van der Waals surface area contributed by atoms with Gasteiger partial charge in [0.15, 0.2) is 0 Å². The van der Waals surface area contributed by atoms with Crippen molar-refractivity contribution in [1.82, 2.24) is 10.2 Å². The number of carbonyl (C=O) groups excluding carboxylic acids is 1. The molecular formula is C20H26N2O2S. The number of hydrogen-bond acceptors (Lipinski definition) is 4. The summed E-state index contributed by atoms with van der Waals surface area (Å²) in [6.07, 6.45) is 10.2. The molecule has 0 aromatic carbocycles. The van der Waals surface area contributed by atoms with Crippen molar-refractivity contribution in [2.45, 2.75) is 51.0 Å². The van der Waals surface area contributed by atoms with Crippen LogP contribution in [0, 0.1) is 0 Å². The van der Waals surface area contributed by atoms with E-state index in [0.29, 0.717) is 6.54 Å². The van der Waals surface area contributed by atoms with Crippen LogP contribution in [0.25, 0.3) is 0 Å². The molecule has 0 bridgehead atoms. The number of likely N-dealkylation sites (tertiary alicyclic amines) is 1. The summed E-state index contributed by atoms with van der Waals surface area (Å²) in [5.74, 6) is 1.01. The van der Waals surface area contributed by atoms with E-state index in [0.717, 1.165) is 36.6 Å². The SMILES string of the molecule is O=C(NCC(c1ccco1)N1CCCC1)c1cc2c(s1)CCCCC2. The van der Waals surface area contributed by atoms with Gasteiger partial charge in [-0.25, -0.2) is 0 Å². The quantitative estimate of drug-likeness (QED) is 0.816. The van der Waals surface area contributed by atoms with Crippen molar-refractivity contribution in [3.8, 4) is 0 Å². The van der Waals surface area contributed by atoms with Gasteiger partial charge < -0.3 is 9.73 Å². The van der Waals surface area contributed by atoms with Gasteiger partial charge in [0, 0.05) is 11.4 Å². The van der Waals surface area contributed by atoms with Gasteiger partial charge in [-0.2, -0.15) is 0 Å². The Kier molecular flexibility index (Phi) is 5.22. The van der Waals surface area contributed by atoms with Gasteiger partial charge in [-0.3, -0.25) is 9.69 Å². The number of fused-ring (bicyclic) bond motifs is 1. The standard InChI is InChI=1S/C20H26N2O2S/c23-20(19-13-15-7-2-1-3-9-18(15)25-19)21-14-16(17-8-6-12-24-17)22-10-4-5-11-22/h6,8,12-13,16H,1-5,7,9-11,14H2,(H,21,23). The summed E-state index contributed by atoms with van der Waals surface area (Å²) in [6, 6.07) is 6.21. The Morgan fingerprint density at radius 3 is 2.84 bits per heavy atom. The van der Waals surface area contributed by atoms with Crippen molar-refractivity contribution in [3.05, 3.63) is 45.5 Å². The first-order chi connectivity index (χ1) is 12.3. The Balaban J connectivity index is 1.43. The molecule has 1 unspecified atom stereocenters. The van der Waals surface area contributed by atoms with Crippen molar-refractivity contribution in [2.24, 2.45) is 0 Å². The van der Waals surface area contributed by atoms with Crippen molar-refractivity contribution in [3.63, 3.8) is 0 Å². The molecule has 4 rings (SSSR count). The van der Waals surface area contributed by atoms with E-state index in [2.05, 4.69) is 16.3 Å². The maximum Gasteiger partial charge on any atom is 0.261 e. The number of nitrogens with zero attached hydrogens (tertiary/aromatic N) is 1. The second kappa shape index (κ2) is 7.75. The molecule has 0 saturated carbocycles. The topological polar surface area (TPSA) is 45.5 Å². The van der Waals surface area contributed by atoms with Crippen molar-refractivity contribution >= 4 is 17.2 Å². The monoisotopic (exact) mass is 358 g/mol. The summed E-state index contributed by atoms with van der Waals surface area (Å²) in [5.41, 5.74) is 1.40. The molecule has 1 aliphatic heterocycles. The zero-order valence-electron chi connectivity index (χ0n) is 14.6. The Labute approximate surface area is 153 Å². The van der Waals surface area contributed by atoms with Gasteiger partial charge in [0.25, 0.3) is 5.91 Å². The Hall–Kier alpha value is -1.59. The van der Waals surface area contributed by atoms with E-state index < -0.39 is 0 Å². The number of hydrogen-bond donors (Lipinski definition) is 1. The van der Waals surface area contributed by atoms with Gasteiger partial charge in [0.05, 0.1) is 17.2 Å². The van der Waals surface area contributed by atoms with E-state index in [1.165, 1.54) is 42.5 Å². The summed E-state index contributed by atoms with van der Waals surface area (Å²) < 4.78 is 5.64. The van der Waals surface area contributed by atoms with Crippen LogP contribution in [-0.4, -0.2) is 30.4 Å². The molecule has 3 heterocycles. The molecule has 5 heteroatoms. The number of amides is 1. The predicted molar refractivity (Wildman–Crippen MR) is 100 cm³/mol. The molecule has 1 fully saturated rings. The number of aryl methyl sites for hydroxylation is 2. The Bertz CT molecular complexity index is 678. The minimum atomic E-state index is 0.0637. The number of carbonyl (C=O) groups is 1. The lowest BCUT2D eigenvalue weighted by atomic mass is 10.1. The maximum absolute atomic E-state index is 12.7. The van der Waals surface area contributed by atoms with Crippen LogP contribution in [0.1, 0.15) is 64.0 Å². The third-order valence-electron chi connectivity index (χ3n) is 5.38. The molecular weight excluding hydrogens is 332 g/mol. The lowest BCUT2D eigenvalue weighted by Gasteiger charge is -2.25. The van der Waals surface area contributed by atoms with Gasteiger partial charge in [-0.15, -0.1) is 11.3 Å². The van der Waals surface area contributed by atoms with Crippen LogP contribution < -0.4 is 5.32 Å². The molecule has 134 valence electrons. The molecule has 25 heavy (non-hydrogen) atoms. The first kappa shape index (κ1) is 16.9. The van der Waals surface area contributed by atoms with Crippen LogP contribution in [0.4, 0.5) is 0 Å². The summed E-state index contributed by atoms with van der Waals surface area (Å²) in [6.45, 7) is 2.76. The average molecular weight is 359 g/mol. The molecule has 1 amide bonds. The highest BCUT2D eigenvalue weighted by Gasteiger charge is 2.26. The van der Waals surface area contributed by atoms with Gasteiger partial charge >= 0.3 is 0 Å². The molecule has 2 aromatic heterocycles. The highest BCUT2D eigenvalue weighted by Crippen LogP contribution is 2.29. The fourth-order valence-corrected chi connectivity index (χ4v) is 5.17. The molecule has 0 spiro atoms. The van der Waals surface area contributed by atoms with Crippen LogP contribution in [0.3, 0.4) is 0 Å². The highest BCUT2D eigenvalue weighted by atomic mass is 32.1. The molecule has 4 nitrogen and oxygen atoms in total. The van der Waals surface area contributed by atoms with E-state index in [1.807, 2.05) is 12.1 Å². The van der Waals surface area contributed by atoms with E-state index in [9.17, 15) is 4.79 Å². The summed E-state index contributed by atoms with van der Waals surface area (Å²) in [5, 5.41) is 3.16. The first-order valence-electron chi connectivity index (χ1n) is 9.48. The van der Waals surface area contributed by atoms with Crippen LogP contribution in [-0.2, 0) is 12.8 Å². The van der Waals surface area contributed by atoms with Gasteiger partial charge in [-0.1, -0.05) is 6.42 Å². The van der Waals surface area contributed by atoms with Crippen molar-refractivity contribution in [2.75, 3.05) is 19.6 Å².